The van der Waals surface area contributed by atoms with Crippen molar-refractivity contribution in [2.24, 2.45) is 0 Å². The molecule has 3 aromatic carbocycles. The summed E-state index contributed by atoms with van der Waals surface area (Å²) in [7, 11) is 2.05. The predicted molar refractivity (Wildman–Crippen MR) is 143 cm³/mol. The van der Waals surface area contributed by atoms with E-state index in [1.165, 1.54) is 0 Å². The van der Waals surface area contributed by atoms with Crippen LogP contribution in [0.25, 0.3) is 11.3 Å². The first-order valence-electron chi connectivity index (χ1n) is 11.6. The summed E-state index contributed by atoms with van der Waals surface area (Å²) < 4.78 is 0. The van der Waals surface area contributed by atoms with Gasteiger partial charge in [-0.1, -0.05) is 54.6 Å². The molecule has 1 aliphatic heterocycles. The normalized spacial score (nSPS) is 13.7. The molecule has 35 heavy (non-hydrogen) atoms. The Morgan fingerprint density at radius 2 is 1.29 bits per heavy atom. The van der Waals surface area contributed by atoms with E-state index in [1.54, 1.807) is 0 Å². The van der Waals surface area contributed by atoms with Crippen LogP contribution in [0.5, 0.6) is 0 Å². The molecule has 0 bridgehead atoms. The number of benzene rings is 3. The smallest absolute Gasteiger partial charge is 0.108 e. The molecule has 0 aliphatic carbocycles. The van der Waals surface area contributed by atoms with Crippen molar-refractivity contribution in [3.05, 3.63) is 132 Å². The van der Waals surface area contributed by atoms with Gasteiger partial charge in [0.05, 0.1) is 17.1 Å². The highest BCUT2D eigenvalue weighted by Crippen LogP contribution is 2.55. The van der Waals surface area contributed by atoms with Gasteiger partial charge in [-0.15, -0.1) is 0 Å². The fourth-order valence-corrected chi connectivity index (χ4v) is 5.24. The zero-order valence-corrected chi connectivity index (χ0v) is 19.4. The molecule has 0 amide bonds. The SMILES string of the molecule is CN1c2cc(N)ccc2C(c2ccccn2)(c2cccc(-c3ccccc3)n2)c2ccc(N)cc21. The predicted octanol–water partition coefficient (Wildman–Crippen LogP) is 5.77. The molecule has 4 N–H and O–H groups in total. The maximum atomic E-state index is 6.28. The Morgan fingerprint density at radius 1 is 0.657 bits per heavy atom. The van der Waals surface area contributed by atoms with Gasteiger partial charge in [0.25, 0.3) is 0 Å². The van der Waals surface area contributed by atoms with E-state index >= 15 is 0 Å². The molecule has 170 valence electrons. The van der Waals surface area contributed by atoms with E-state index in [0.717, 1.165) is 45.1 Å². The van der Waals surface area contributed by atoms with Crippen LogP contribution >= 0.6 is 0 Å². The van der Waals surface area contributed by atoms with E-state index in [-0.39, 0.29) is 0 Å². The first kappa shape index (κ1) is 20.9. The Bertz CT molecular complexity index is 1480. The van der Waals surface area contributed by atoms with Crippen molar-refractivity contribution < 1.29 is 0 Å². The van der Waals surface area contributed by atoms with Gasteiger partial charge in [0.15, 0.2) is 0 Å². The van der Waals surface area contributed by atoms with Gasteiger partial charge in [-0.25, -0.2) is 0 Å². The Morgan fingerprint density at radius 3 is 1.91 bits per heavy atom. The molecule has 5 aromatic rings. The van der Waals surface area contributed by atoms with Crippen molar-refractivity contribution in [1.29, 1.82) is 0 Å². The summed E-state index contributed by atoms with van der Waals surface area (Å²) >= 11 is 0. The largest absolute Gasteiger partial charge is 0.399 e. The third kappa shape index (κ3) is 3.16. The number of nitrogens with zero attached hydrogens (tertiary/aromatic N) is 3. The van der Waals surface area contributed by atoms with Crippen LogP contribution in [0.3, 0.4) is 0 Å². The van der Waals surface area contributed by atoms with E-state index in [2.05, 4.69) is 47.4 Å². The molecule has 0 fully saturated rings. The molecule has 1 aliphatic rings. The molecular weight excluding hydrogens is 430 g/mol. The van der Waals surface area contributed by atoms with E-state index < -0.39 is 5.41 Å². The van der Waals surface area contributed by atoms with E-state index in [4.69, 9.17) is 21.4 Å². The molecule has 5 heteroatoms. The quantitative estimate of drug-likeness (QED) is 0.338. The van der Waals surface area contributed by atoms with Crippen LogP contribution in [0.1, 0.15) is 22.5 Å². The topological polar surface area (TPSA) is 81.1 Å². The molecule has 0 saturated heterocycles. The number of pyridine rings is 2. The van der Waals surface area contributed by atoms with Crippen LogP contribution in [0.2, 0.25) is 0 Å². The van der Waals surface area contributed by atoms with E-state index in [0.29, 0.717) is 11.4 Å². The molecule has 0 unspecified atom stereocenters. The molecular formula is C30H25N5. The number of aromatic nitrogens is 2. The van der Waals surface area contributed by atoms with Gasteiger partial charge in [-0.3, -0.25) is 9.97 Å². The fourth-order valence-electron chi connectivity index (χ4n) is 5.24. The number of rotatable bonds is 3. The van der Waals surface area contributed by atoms with Crippen molar-refractivity contribution in [2.75, 3.05) is 23.4 Å². The standard InChI is InChI=1S/C30H25N5/c1-35-26-18-21(31)13-15-23(26)30(28-11-5-6-17-33-28,24-16-14-22(32)19-27(24)35)29-12-7-10-25(34-29)20-8-3-2-4-9-20/h2-19H,31-32H2,1H3. The Kier molecular flexibility index (Phi) is 4.78. The second-order valence-corrected chi connectivity index (χ2v) is 8.85. The second kappa shape index (κ2) is 7.99. The summed E-state index contributed by atoms with van der Waals surface area (Å²) in [6.07, 6.45) is 1.84. The summed E-state index contributed by atoms with van der Waals surface area (Å²) in [5, 5.41) is 0. The van der Waals surface area contributed by atoms with Gasteiger partial charge >= 0.3 is 0 Å². The van der Waals surface area contributed by atoms with Crippen LogP contribution in [0, 0.1) is 0 Å². The van der Waals surface area contributed by atoms with Gasteiger partial charge in [-0.2, -0.15) is 0 Å². The van der Waals surface area contributed by atoms with Crippen LogP contribution in [0.4, 0.5) is 22.7 Å². The lowest BCUT2D eigenvalue weighted by Gasteiger charge is -2.44. The average molecular weight is 456 g/mol. The maximum Gasteiger partial charge on any atom is 0.108 e. The lowest BCUT2D eigenvalue weighted by molar-refractivity contribution is 0.676. The minimum atomic E-state index is -0.759. The van der Waals surface area contributed by atoms with Crippen molar-refractivity contribution >= 4 is 22.7 Å². The Balaban J connectivity index is 1.76. The molecule has 0 atom stereocenters. The van der Waals surface area contributed by atoms with Crippen molar-refractivity contribution in [1.82, 2.24) is 9.97 Å². The first-order valence-corrected chi connectivity index (χ1v) is 11.6. The number of nitrogens with two attached hydrogens (primary N) is 2. The van der Waals surface area contributed by atoms with Crippen LogP contribution in [-0.4, -0.2) is 17.0 Å². The van der Waals surface area contributed by atoms with Gasteiger partial charge in [0.2, 0.25) is 0 Å². The molecule has 0 radical (unpaired) electrons. The molecule has 3 heterocycles. The van der Waals surface area contributed by atoms with E-state index in [9.17, 15) is 0 Å². The maximum absolute atomic E-state index is 6.28. The lowest BCUT2D eigenvalue weighted by Crippen LogP contribution is -2.39. The van der Waals surface area contributed by atoms with Gasteiger partial charge in [0, 0.05) is 41.6 Å². The number of hydrogen-bond donors (Lipinski definition) is 2. The second-order valence-electron chi connectivity index (χ2n) is 8.85. The highest BCUT2D eigenvalue weighted by atomic mass is 15.1. The summed E-state index contributed by atoms with van der Waals surface area (Å²) in [5.41, 5.74) is 21.1. The number of hydrogen-bond acceptors (Lipinski definition) is 5. The van der Waals surface area contributed by atoms with Gasteiger partial charge < -0.3 is 16.4 Å². The van der Waals surface area contributed by atoms with Crippen molar-refractivity contribution in [3.8, 4) is 11.3 Å². The summed E-state index contributed by atoms with van der Waals surface area (Å²) in [4.78, 5) is 12.3. The van der Waals surface area contributed by atoms with Crippen LogP contribution in [-0.2, 0) is 5.41 Å². The monoisotopic (exact) mass is 455 g/mol. The van der Waals surface area contributed by atoms with Crippen molar-refractivity contribution in [3.63, 3.8) is 0 Å². The highest BCUT2D eigenvalue weighted by molar-refractivity contribution is 5.85. The zero-order valence-electron chi connectivity index (χ0n) is 19.4. The molecule has 5 nitrogen and oxygen atoms in total. The van der Waals surface area contributed by atoms with Gasteiger partial charge in [-0.05, 0) is 59.7 Å². The molecule has 2 aromatic heterocycles. The average Bonchev–Trinajstić information content (AvgIpc) is 2.91. The minimum Gasteiger partial charge on any atom is -0.399 e. The van der Waals surface area contributed by atoms with Crippen molar-refractivity contribution in [2.45, 2.75) is 5.41 Å². The molecule has 6 rings (SSSR count). The molecule has 0 saturated carbocycles. The molecule has 0 spiro atoms. The van der Waals surface area contributed by atoms with Gasteiger partial charge in [0.1, 0.15) is 5.41 Å². The third-order valence-electron chi connectivity index (χ3n) is 6.83. The van der Waals surface area contributed by atoms with Crippen LogP contribution < -0.4 is 16.4 Å². The minimum absolute atomic E-state index is 0.698. The number of fused-ring (bicyclic) bond motifs is 2. The first-order chi connectivity index (χ1) is 17.1. The fraction of sp³-hybridized carbons (Fsp3) is 0.0667. The Labute approximate surface area is 204 Å². The number of anilines is 4. The summed E-state index contributed by atoms with van der Waals surface area (Å²) in [6.45, 7) is 0. The van der Waals surface area contributed by atoms with Crippen LogP contribution in [0.15, 0.2) is 109 Å². The highest BCUT2D eigenvalue weighted by Gasteiger charge is 2.48. The summed E-state index contributed by atoms with van der Waals surface area (Å²) in [6, 6.07) is 34.6. The van der Waals surface area contributed by atoms with E-state index in [1.807, 2.05) is 73.9 Å². The Hall–Kier alpha value is -4.64. The zero-order chi connectivity index (χ0) is 24.0. The summed E-state index contributed by atoms with van der Waals surface area (Å²) in [5.74, 6) is 0. The lowest BCUT2D eigenvalue weighted by atomic mass is 9.65. The number of nitrogen functional groups attached to an aromatic ring is 2. The third-order valence-corrected chi connectivity index (χ3v) is 6.83.